The van der Waals surface area contributed by atoms with Crippen molar-refractivity contribution in [2.45, 2.75) is 44.8 Å². The van der Waals surface area contributed by atoms with Crippen molar-refractivity contribution >= 4 is 6.01 Å². The second-order valence-electron chi connectivity index (χ2n) is 3.89. The average Bonchev–Trinajstić information content (AvgIpc) is 2.56. The Bertz CT molecular complexity index is 292. The molecule has 0 unspecified atom stereocenters. The number of nitrogens with one attached hydrogen (secondary N) is 1. The number of rotatable bonds is 2. The lowest BCUT2D eigenvalue weighted by Gasteiger charge is -2.24. The van der Waals surface area contributed by atoms with Gasteiger partial charge < -0.3 is 9.73 Å². The first-order valence-corrected chi connectivity index (χ1v) is 5.07. The molecule has 0 amide bonds. The second-order valence-corrected chi connectivity index (χ2v) is 3.89. The number of alkyl halides is 1. The van der Waals surface area contributed by atoms with Crippen molar-refractivity contribution in [3.63, 3.8) is 0 Å². The quantitative estimate of drug-likeness (QED) is 0.793. The molecule has 1 saturated carbocycles. The molecule has 0 saturated heterocycles. The molecule has 0 radical (unpaired) electrons. The second kappa shape index (κ2) is 3.98. The van der Waals surface area contributed by atoms with E-state index in [1.54, 1.807) is 6.26 Å². The fourth-order valence-corrected chi connectivity index (χ4v) is 1.79. The normalized spacial score (nSPS) is 27.6. The van der Waals surface area contributed by atoms with Gasteiger partial charge in [-0.2, -0.15) is 4.98 Å². The van der Waals surface area contributed by atoms with Crippen LogP contribution < -0.4 is 5.32 Å². The molecule has 0 bridgehead atoms. The van der Waals surface area contributed by atoms with E-state index in [4.69, 9.17) is 4.42 Å². The highest BCUT2D eigenvalue weighted by molar-refractivity contribution is 5.22. The summed E-state index contributed by atoms with van der Waals surface area (Å²) >= 11 is 0. The third-order valence-corrected chi connectivity index (χ3v) is 2.60. The van der Waals surface area contributed by atoms with E-state index >= 15 is 0 Å². The third-order valence-electron chi connectivity index (χ3n) is 2.60. The molecule has 14 heavy (non-hydrogen) atoms. The molecule has 78 valence electrons. The Hall–Kier alpha value is -1.06. The average molecular weight is 198 g/mol. The van der Waals surface area contributed by atoms with Gasteiger partial charge >= 0.3 is 0 Å². The van der Waals surface area contributed by atoms with Gasteiger partial charge in [0.2, 0.25) is 0 Å². The molecule has 1 fully saturated rings. The van der Waals surface area contributed by atoms with E-state index in [-0.39, 0.29) is 0 Å². The molecule has 1 aromatic rings. The highest BCUT2D eigenvalue weighted by Gasteiger charge is 2.21. The molecule has 3 nitrogen and oxygen atoms in total. The fourth-order valence-electron chi connectivity index (χ4n) is 1.79. The number of hydrogen-bond donors (Lipinski definition) is 1. The van der Waals surface area contributed by atoms with Crippen molar-refractivity contribution in [1.29, 1.82) is 0 Å². The van der Waals surface area contributed by atoms with Gasteiger partial charge in [-0.1, -0.05) is 0 Å². The van der Waals surface area contributed by atoms with Crippen LogP contribution in [-0.4, -0.2) is 17.2 Å². The molecule has 1 heterocycles. The van der Waals surface area contributed by atoms with Crippen LogP contribution in [0.2, 0.25) is 0 Å². The zero-order chi connectivity index (χ0) is 9.97. The summed E-state index contributed by atoms with van der Waals surface area (Å²) in [5.74, 6) is 0. The molecule has 0 atom stereocenters. The monoisotopic (exact) mass is 198 g/mol. The molecule has 1 N–H and O–H groups in total. The van der Waals surface area contributed by atoms with E-state index < -0.39 is 6.17 Å². The number of oxazole rings is 1. The highest BCUT2D eigenvalue weighted by atomic mass is 19.1. The van der Waals surface area contributed by atoms with Crippen LogP contribution in [0.25, 0.3) is 0 Å². The van der Waals surface area contributed by atoms with Crippen LogP contribution in [0.4, 0.5) is 10.4 Å². The van der Waals surface area contributed by atoms with Crippen LogP contribution in [0.5, 0.6) is 0 Å². The molecule has 1 aromatic heterocycles. The summed E-state index contributed by atoms with van der Waals surface area (Å²) in [7, 11) is 0. The zero-order valence-electron chi connectivity index (χ0n) is 8.29. The molecule has 0 aliphatic heterocycles. The van der Waals surface area contributed by atoms with Crippen LogP contribution in [0, 0.1) is 6.92 Å². The van der Waals surface area contributed by atoms with Gasteiger partial charge in [0, 0.05) is 6.04 Å². The topological polar surface area (TPSA) is 38.1 Å². The van der Waals surface area contributed by atoms with Crippen molar-refractivity contribution in [2.75, 3.05) is 5.32 Å². The minimum Gasteiger partial charge on any atom is -0.432 e. The van der Waals surface area contributed by atoms with Crippen LogP contribution in [0.15, 0.2) is 10.7 Å². The van der Waals surface area contributed by atoms with Crippen molar-refractivity contribution < 1.29 is 8.81 Å². The third kappa shape index (κ3) is 2.25. The Balaban J connectivity index is 1.86. The summed E-state index contributed by atoms with van der Waals surface area (Å²) in [5.41, 5.74) is 0.867. The summed E-state index contributed by atoms with van der Waals surface area (Å²) in [6.45, 7) is 1.88. The van der Waals surface area contributed by atoms with E-state index in [1.165, 1.54) is 0 Å². The van der Waals surface area contributed by atoms with Crippen molar-refractivity contribution in [1.82, 2.24) is 4.98 Å². The molecule has 1 aliphatic rings. The largest absolute Gasteiger partial charge is 0.432 e. The molecule has 0 spiro atoms. The molecular formula is C10H15FN2O. The van der Waals surface area contributed by atoms with Gasteiger partial charge in [0.25, 0.3) is 6.01 Å². The maximum absolute atomic E-state index is 12.8. The summed E-state index contributed by atoms with van der Waals surface area (Å²) in [5, 5.41) is 3.18. The van der Waals surface area contributed by atoms with Gasteiger partial charge in [0.1, 0.15) is 12.4 Å². The lowest BCUT2D eigenvalue weighted by molar-refractivity contribution is 0.240. The molecule has 1 aliphatic carbocycles. The van der Waals surface area contributed by atoms with Crippen LogP contribution >= 0.6 is 0 Å². The number of nitrogens with zero attached hydrogens (tertiary/aromatic N) is 1. The van der Waals surface area contributed by atoms with Crippen LogP contribution in [0.3, 0.4) is 0 Å². The fraction of sp³-hybridized carbons (Fsp3) is 0.700. The number of anilines is 1. The standard InChI is InChI=1S/C10H15FN2O/c1-7-6-14-10(12-7)13-9-4-2-8(11)3-5-9/h6,8-9H,2-5H2,1H3,(H,12,13). The smallest absolute Gasteiger partial charge is 0.294 e. The van der Waals surface area contributed by atoms with Crippen molar-refractivity contribution in [3.8, 4) is 0 Å². The van der Waals surface area contributed by atoms with Gasteiger partial charge in [-0.25, -0.2) is 4.39 Å². The predicted molar refractivity (Wildman–Crippen MR) is 52.0 cm³/mol. The van der Waals surface area contributed by atoms with Crippen molar-refractivity contribution in [2.24, 2.45) is 0 Å². The number of halogens is 1. The minimum atomic E-state index is -0.612. The first kappa shape index (κ1) is 9.49. The molecule has 4 heteroatoms. The van der Waals surface area contributed by atoms with E-state index in [2.05, 4.69) is 10.3 Å². The summed E-state index contributed by atoms with van der Waals surface area (Å²) in [4.78, 5) is 4.15. The number of aryl methyl sites for hydroxylation is 1. The van der Waals surface area contributed by atoms with E-state index in [1.807, 2.05) is 6.92 Å². The molecular weight excluding hydrogens is 183 g/mol. The van der Waals surface area contributed by atoms with E-state index in [9.17, 15) is 4.39 Å². The van der Waals surface area contributed by atoms with Crippen molar-refractivity contribution in [3.05, 3.63) is 12.0 Å². The predicted octanol–water partition coefficient (Wildman–Crippen LogP) is 2.68. The highest BCUT2D eigenvalue weighted by Crippen LogP contribution is 2.23. The maximum Gasteiger partial charge on any atom is 0.294 e. The van der Waals surface area contributed by atoms with Gasteiger partial charge in [-0.05, 0) is 32.6 Å². The van der Waals surface area contributed by atoms with Crippen LogP contribution in [0.1, 0.15) is 31.4 Å². The number of aromatic nitrogens is 1. The van der Waals surface area contributed by atoms with Gasteiger partial charge in [-0.3, -0.25) is 0 Å². The van der Waals surface area contributed by atoms with Gasteiger partial charge in [0.15, 0.2) is 0 Å². The molecule has 2 rings (SSSR count). The van der Waals surface area contributed by atoms with Crippen LogP contribution in [-0.2, 0) is 0 Å². The lowest BCUT2D eigenvalue weighted by atomic mass is 9.94. The molecule has 0 aromatic carbocycles. The summed E-state index contributed by atoms with van der Waals surface area (Å²) in [6.07, 6.45) is 4.03. The van der Waals surface area contributed by atoms with Gasteiger partial charge in [-0.15, -0.1) is 0 Å². The SMILES string of the molecule is Cc1coc(NC2CCC(F)CC2)n1. The summed E-state index contributed by atoms with van der Waals surface area (Å²) < 4.78 is 18.0. The zero-order valence-corrected chi connectivity index (χ0v) is 8.29. The van der Waals surface area contributed by atoms with E-state index in [0.29, 0.717) is 24.9 Å². The Morgan fingerprint density at radius 3 is 2.71 bits per heavy atom. The Labute approximate surface area is 82.7 Å². The minimum absolute atomic E-state index is 0.319. The first-order valence-electron chi connectivity index (χ1n) is 5.07. The Kier molecular flexibility index (Phi) is 2.70. The number of hydrogen-bond acceptors (Lipinski definition) is 3. The Morgan fingerprint density at radius 2 is 2.14 bits per heavy atom. The Morgan fingerprint density at radius 1 is 1.43 bits per heavy atom. The van der Waals surface area contributed by atoms with Gasteiger partial charge in [0.05, 0.1) is 5.69 Å². The summed E-state index contributed by atoms with van der Waals surface area (Å²) in [6, 6.07) is 0.879. The first-order chi connectivity index (χ1) is 6.74. The van der Waals surface area contributed by atoms with E-state index in [0.717, 1.165) is 18.5 Å². The lowest BCUT2D eigenvalue weighted by Crippen LogP contribution is -2.26. The maximum atomic E-state index is 12.8.